The Morgan fingerprint density at radius 3 is 1.38 bits per heavy atom. The maximum absolute atomic E-state index is 12.6. The summed E-state index contributed by atoms with van der Waals surface area (Å²) < 4.78 is 32.4. The number of carbonyl (C=O) groups excluding carboxylic acids is 1. The summed E-state index contributed by atoms with van der Waals surface area (Å²) in [5.74, 6) is -1.55. The van der Waals surface area contributed by atoms with Gasteiger partial charge < -0.3 is 15.5 Å². The quantitative estimate of drug-likeness (QED) is 0.0293. The lowest BCUT2D eigenvalue weighted by Gasteiger charge is -2.22. The highest BCUT2D eigenvalue weighted by molar-refractivity contribution is 7.85. The highest BCUT2D eigenvalue weighted by Crippen LogP contribution is 2.15. The van der Waals surface area contributed by atoms with Crippen LogP contribution in [0.2, 0.25) is 0 Å². The fourth-order valence-electron chi connectivity index (χ4n) is 6.12. The zero-order valence-corrected chi connectivity index (χ0v) is 32.0. The molecule has 0 aromatic heterocycles. The fraction of sp³-hybridized carbons (Fsp3) is 0.875. The summed E-state index contributed by atoms with van der Waals surface area (Å²) in [5.41, 5.74) is 0. The van der Waals surface area contributed by atoms with Crippen LogP contribution in [0, 0.1) is 0 Å². The molecule has 1 amide bonds. The minimum Gasteiger partial charge on any atom is -0.387 e. The van der Waals surface area contributed by atoms with Gasteiger partial charge in [-0.15, -0.1) is 0 Å². The second-order valence-corrected chi connectivity index (χ2v) is 15.6. The van der Waals surface area contributed by atoms with Crippen molar-refractivity contribution in [1.82, 2.24) is 5.32 Å². The first kappa shape index (κ1) is 46.8. The van der Waals surface area contributed by atoms with Gasteiger partial charge in [0.25, 0.3) is 10.1 Å². The summed E-state index contributed by atoms with van der Waals surface area (Å²) in [5, 5.41) is 23.3. The SMILES string of the molecule is CCCCCCCCCC/C=C/CC/C=C/C(O)C(CS(=O)(=O)O)NC(=O)C(O)CCCCCCCCCCCCCCCCCCC. The molecule has 0 spiro atoms. The van der Waals surface area contributed by atoms with E-state index in [2.05, 4.69) is 31.3 Å². The molecule has 0 aliphatic rings. The predicted molar refractivity (Wildman–Crippen MR) is 204 cm³/mol. The van der Waals surface area contributed by atoms with Gasteiger partial charge in [-0.05, 0) is 32.1 Å². The van der Waals surface area contributed by atoms with Crippen LogP contribution in [-0.2, 0) is 14.9 Å². The Balaban J connectivity index is 4.06. The summed E-state index contributed by atoms with van der Waals surface area (Å²) in [6, 6.07) is -1.24. The van der Waals surface area contributed by atoms with Gasteiger partial charge >= 0.3 is 0 Å². The van der Waals surface area contributed by atoms with E-state index in [1.54, 1.807) is 6.08 Å². The van der Waals surface area contributed by atoms with Crippen LogP contribution >= 0.6 is 0 Å². The second kappa shape index (κ2) is 34.2. The lowest BCUT2D eigenvalue weighted by atomic mass is 10.0. The van der Waals surface area contributed by atoms with E-state index in [0.29, 0.717) is 12.8 Å². The van der Waals surface area contributed by atoms with Crippen molar-refractivity contribution in [2.75, 3.05) is 5.75 Å². The Hall–Kier alpha value is -1.22. The molecule has 0 bridgehead atoms. The number of hydrogen-bond acceptors (Lipinski definition) is 5. The molecule has 48 heavy (non-hydrogen) atoms. The normalized spacial score (nSPS) is 14.2. The van der Waals surface area contributed by atoms with Crippen molar-refractivity contribution >= 4 is 16.0 Å². The van der Waals surface area contributed by atoms with Gasteiger partial charge in [-0.3, -0.25) is 9.35 Å². The minimum atomic E-state index is -4.45. The number of unbranched alkanes of at least 4 members (excludes halogenated alkanes) is 25. The molecule has 8 heteroatoms. The van der Waals surface area contributed by atoms with Crippen LogP contribution in [0.15, 0.2) is 24.3 Å². The predicted octanol–water partition coefficient (Wildman–Crippen LogP) is 10.5. The number of rotatable bonds is 36. The van der Waals surface area contributed by atoms with Gasteiger partial charge in [-0.25, -0.2) is 0 Å². The Bertz CT molecular complexity index is 875. The molecule has 0 aromatic rings. The summed E-state index contributed by atoms with van der Waals surface area (Å²) >= 11 is 0. The van der Waals surface area contributed by atoms with Crippen LogP contribution < -0.4 is 5.32 Å². The topological polar surface area (TPSA) is 124 Å². The number of allylic oxidation sites excluding steroid dienone is 3. The number of aliphatic hydroxyl groups excluding tert-OH is 2. The molecule has 0 heterocycles. The van der Waals surface area contributed by atoms with Crippen molar-refractivity contribution in [3.8, 4) is 0 Å². The van der Waals surface area contributed by atoms with Gasteiger partial charge in [0.1, 0.15) is 6.10 Å². The zero-order valence-electron chi connectivity index (χ0n) is 31.2. The van der Waals surface area contributed by atoms with E-state index in [1.165, 1.54) is 141 Å². The van der Waals surface area contributed by atoms with Gasteiger partial charge in [0.05, 0.1) is 17.9 Å². The number of carbonyl (C=O) groups is 1. The van der Waals surface area contributed by atoms with Crippen molar-refractivity contribution in [2.45, 2.75) is 218 Å². The van der Waals surface area contributed by atoms with Crippen molar-refractivity contribution in [1.29, 1.82) is 0 Å². The van der Waals surface area contributed by atoms with Gasteiger partial charge in [-0.2, -0.15) is 8.42 Å². The van der Waals surface area contributed by atoms with Gasteiger partial charge in [-0.1, -0.05) is 192 Å². The standard InChI is InChI=1S/C40H77NO6S/c1-3-5-7-9-11-13-15-17-19-20-21-23-25-27-29-31-33-35-39(43)40(44)41-37(36-48(45,46)47)38(42)34-32-30-28-26-24-22-18-16-14-12-10-8-6-4-2/h24,26,32,34,37-39,42-43H,3-23,25,27-31,33,35-36H2,1-2H3,(H,41,44)(H,45,46,47)/b26-24+,34-32+. The highest BCUT2D eigenvalue weighted by Gasteiger charge is 2.27. The van der Waals surface area contributed by atoms with Gasteiger partial charge in [0.15, 0.2) is 0 Å². The van der Waals surface area contributed by atoms with E-state index in [9.17, 15) is 28.0 Å². The van der Waals surface area contributed by atoms with Gasteiger partial charge in [0, 0.05) is 0 Å². The minimum absolute atomic E-state index is 0.278. The summed E-state index contributed by atoms with van der Waals surface area (Å²) in [7, 11) is -4.45. The Morgan fingerprint density at radius 1 is 0.562 bits per heavy atom. The number of amides is 1. The number of nitrogens with one attached hydrogen (secondary N) is 1. The molecule has 0 aromatic carbocycles. The fourth-order valence-corrected chi connectivity index (χ4v) is 6.85. The largest absolute Gasteiger partial charge is 0.387 e. The molecule has 4 N–H and O–H groups in total. The van der Waals surface area contributed by atoms with E-state index >= 15 is 0 Å². The first-order chi connectivity index (χ1) is 23.2. The first-order valence-corrected chi connectivity index (χ1v) is 21.8. The molecule has 0 saturated carbocycles. The molecule has 0 fully saturated rings. The third-order valence-electron chi connectivity index (χ3n) is 9.24. The number of hydrogen-bond donors (Lipinski definition) is 4. The summed E-state index contributed by atoms with van der Waals surface area (Å²) in [6.07, 6.45) is 39.5. The highest BCUT2D eigenvalue weighted by atomic mass is 32.2. The summed E-state index contributed by atoms with van der Waals surface area (Å²) in [6.45, 7) is 4.50. The lowest BCUT2D eigenvalue weighted by molar-refractivity contribution is -0.130. The van der Waals surface area contributed by atoms with Crippen LogP contribution in [0.3, 0.4) is 0 Å². The smallest absolute Gasteiger partial charge is 0.267 e. The van der Waals surface area contributed by atoms with Gasteiger partial charge in [0.2, 0.25) is 5.91 Å². The monoisotopic (exact) mass is 700 g/mol. The molecular weight excluding hydrogens is 623 g/mol. The van der Waals surface area contributed by atoms with E-state index < -0.39 is 40.0 Å². The average molecular weight is 700 g/mol. The van der Waals surface area contributed by atoms with Crippen LogP contribution in [0.1, 0.15) is 200 Å². The van der Waals surface area contributed by atoms with Crippen molar-refractivity contribution in [2.24, 2.45) is 0 Å². The van der Waals surface area contributed by atoms with Crippen LogP contribution in [-0.4, -0.2) is 53.1 Å². The molecule has 0 aliphatic heterocycles. The molecule has 284 valence electrons. The third kappa shape index (κ3) is 33.3. The molecule has 7 nitrogen and oxygen atoms in total. The molecule has 0 radical (unpaired) electrons. The van der Waals surface area contributed by atoms with Crippen LogP contribution in [0.25, 0.3) is 0 Å². The Morgan fingerprint density at radius 2 is 0.938 bits per heavy atom. The molecule has 3 atom stereocenters. The van der Waals surface area contributed by atoms with Crippen molar-refractivity contribution in [3.05, 3.63) is 24.3 Å². The van der Waals surface area contributed by atoms with Crippen LogP contribution in [0.5, 0.6) is 0 Å². The molecule has 0 aliphatic carbocycles. The Kier molecular flexibility index (Phi) is 33.4. The van der Waals surface area contributed by atoms with E-state index in [4.69, 9.17) is 0 Å². The lowest BCUT2D eigenvalue weighted by Crippen LogP contribution is -2.50. The molecular formula is C40H77NO6S. The maximum atomic E-state index is 12.6. The molecule has 3 unspecified atom stereocenters. The first-order valence-electron chi connectivity index (χ1n) is 20.1. The Labute approximate surface area is 297 Å². The molecule has 0 rings (SSSR count). The summed E-state index contributed by atoms with van der Waals surface area (Å²) in [4.78, 5) is 12.6. The maximum Gasteiger partial charge on any atom is 0.267 e. The molecule has 0 saturated heterocycles. The van der Waals surface area contributed by atoms with Crippen molar-refractivity contribution in [3.63, 3.8) is 0 Å². The van der Waals surface area contributed by atoms with Crippen LogP contribution in [0.4, 0.5) is 0 Å². The zero-order chi connectivity index (χ0) is 35.6. The third-order valence-corrected chi connectivity index (χ3v) is 10.0. The average Bonchev–Trinajstić information content (AvgIpc) is 3.05. The van der Waals surface area contributed by atoms with E-state index in [1.807, 2.05) is 0 Å². The van der Waals surface area contributed by atoms with E-state index in [0.717, 1.165) is 32.1 Å². The van der Waals surface area contributed by atoms with Crippen molar-refractivity contribution < 1.29 is 28.0 Å². The number of aliphatic hydroxyl groups is 2. The van der Waals surface area contributed by atoms with E-state index in [-0.39, 0.29) is 6.42 Å². The second-order valence-electron chi connectivity index (χ2n) is 14.1.